The third-order valence-corrected chi connectivity index (χ3v) is 9.36. The molecule has 2 atom stereocenters. The lowest BCUT2D eigenvalue weighted by Gasteiger charge is -2.43. The lowest BCUT2D eigenvalue weighted by atomic mass is 9.98. The van der Waals surface area contributed by atoms with Crippen molar-refractivity contribution >= 4 is 39.7 Å². The minimum Gasteiger partial charge on any atom is -0.476 e. The Hall–Kier alpha value is -3.87. The van der Waals surface area contributed by atoms with Crippen LogP contribution >= 0.6 is 11.6 Å². The highest BCUT2D eigenvalue weighted by molar-refractivity contribution is 6.36. The van der Waals surface area contributed by atoms with Gasteiger partial charge in [-0.1, -0.05) is 42.4 Å². The normalized spacial score (nSPS) is 20.7. The Bertz CT molecular complexity index is 1590. The van der Waals surface area contributed by atoms with Crippen LogP contribution in [-0.2, 0) is 17.8 Å². The molecule has 0 unspecified atom stereocenters. The fourth-order valence-corrected chi connectivity index (χ4v) is 7.02. The van der Waals surface area contributed by atoms with Gasteiger partial charge in [0.05, 0.1) is 35.8 Å². The lowest BCUT2D eigenvalue weighted by molar-refractivity contribution is -0.131. The number of pyridine rings is 1. The Morgan fingerprint density at radius 2 is 1.95 bits per heavy atom. The van der Waals surface area contributed by atoms with Crippen LogP contribution in [0.25, 0.3) is 10.8 Å². The molecule has 0 N–H and O–H groups in total. The molecule has 0 bridgehead atoms. The second-order valence-corrected chi connectivity index (χ2v) is 12.1. The van der Waals surface area contributed by atoms with Crippen LogP contribution in [0.2, 0.25) is 5.02 Å². The first-order valence-corrected chi connectivity index (χ1v) is 15.3. The zero-order chi connectivity index (χ0) is 30.1. The van der Waals surface area contributed by atoms with Crippen molar-refractivity contribution in [3.05, 3.63) is 71.2 Å². The Morgan fingerprint density at radius 3 is 2.70 bits per heavy atom. The molecule has 10 heteroatoms. The molecule has 3 aliphatic rings. The van der Waals surface area contributed by atoms with E-state index in [1.807, 2.05) is 18.2 Å². The van der Waals surface area contributed by atoms with Crippen molar-refractivity contribution in [2.45, 2.75) is 44.3 Å². The van der Waals surface area contributed by atoms with Crippen molar-refractivity contribution < 1.29 is 13.9 Å². The number of halogens is 2. The molecule has 6 rings (SSSR count). The first-order chi connectivity index (χ1) is 20.8. The Kier molecular flexibility index (Phi) is 8.42. The minimum atomic E-state index is -1.00. The Morgan fingerprint density at radius 1 is 1.14 bits per heavy atom. The van der Waals surface area contributed by atoms with Gasteiger partial charge in [-0.05, 0) is 50.4 Å². The van der Waals surface area contributed by atoms with Crippen LogP contribution in [0.1, 0.15) is 30.5 Å². The first-order valence-electron chi connectivity index (χ1n) is 14.9. The van der Waals surface area contributed by atoms with Gasteiger partial charge in [0, 0.05) is 60.6 Å². The Labute approximate surface area is 256 Å². The van der Waals surface area contributed by atoms with Crippen LogP contribution in [-0.4, -0.2) is 79.2 Å². The maximum absolute atomic E-state index is 13.8. The predicted molar refractivity (Wildman–Crippen MR) is 167 cm³/mol. The summed E-state index contributed by atoms with van der Waals surface area (Å²) in [5, 5.41) is 12.3. The van der Waals surface area contributed by atoms with Crippen molar-refractivity contribution in [1.29, 1.82) is 5.26 Å². The quantitative estimate of drug-likeness (QED) is 0.338. The third-order valence-electron chi connectivity index (χ3n) is 9.05. The number of aromatic nitrogens is 1. The van der Waals surface area contributed by atoms with Crippen LogP contribution in [0.4, 0.5) is 15.8 Å². The van der Waals surface area contributed by atoms with Gasteiger partial charge in [0.1, 0.15) is 6.61 Å². The van der Waals surface area contributed by atoms with Crippen molar-refractivity contribution in [3.63, 3.8) is 0 Å². The number of carbonyl (C=O) groups excluding carboxylic acids is 1. The monoisotopic (exact) mass is 602 g/mol. The second-order valence-electron chi connectivity index (χ2n) is 11.6. The molecule has 224 valence electrons. The summed E-state index contributed by atoms with van der Waals surface area (Å²) in [5.41, 5.74) is 4.15. The first kappa shape index (κ1) is 29.2. The van der Waals surface area contributed by atoms with E-state index in [2.05, 4.69) is 58.7 Å². The third kappa shape index (κ3) is 5.86. The largest absolute Gasteiger partial charge is 0.476 e. The number of amides is 1. The minimum absolute atomic E-state index is 0.107. The Balaban J connectivity index is 1.34. The maximum Gasteiger partial charge on any atom is 0.282 e. The van der Waals surface area contributed by atoms with Gasteiger partial charge in [-0.15, -0.1) is 0 Å². The number of likely N-dealkylation sites (tertiary alicyclic amines) is 1. The van der Waals surface area contributed by atoms with E-state index in [9.17, 15) is 14.4 Å². The molecule has 3 aliphatic heterocycles. The SMILES string of the molecule is C=C(F)C(=O)N1CCN(c2cc(OC[C@@H]3CCCN3C)nc3c2CCN(c2cccc4cccc(Cl)c24)C3)C[C@@H]1CC#N. The van der Waals surface area contributed by atoms with E-state index >= 15 is 0 Å². The van der Waals surface area contributed by atoms with Crippen LogP contribution in [0.3, 0.4) is 0 Å². The van der Waals surface area contributed by atoms with Crippen LogP contribution in [0, 0.1) is 11.3 Å². The smallest absolute Gasteiger partial charge is 0.282 e. The highest BCUT2D eigenvalue weighted by atomic mass is 35.5. The number of carbonyl (C=O) groups is 1. The maximum atomic E-state index is 13.8. The number of rotatable bonds is 7. The fraction of sp³-hybridized carbons (Fsp3) is 0.424. The number of anilines is 2. The highest BCUT2D eigenvalue weighted by Gasteiger charge is 2.34. The van der Waals surface area contributed by atoms with Gasteiger partial charge in [0.15, 0.2) is 5.83 Å². The number of hydrogen-bond acceptors (Lipinski definition) is 7. The molecule has 0 saturated carbocycles. The summed E-state index contributed by atoms with van der Waals surface area (Å²) in [6.45, 7) is 7.40. The molecule has 4 heterocycles. The molecule has 3 aromatic rings. The van der Waals surface area contributed by atoms with Gasteiger partial charge < -0.3 is 24.3 Å². The van der Waals surface area contributed by atoms with E-state index in [1.54, 1.807) is 0 Å². The van der Waals surface area contributed by atoms with E-state index in [-0.39, 0.29) is 6.42 Å². The molecular weight excluding hydrogens is 567 g/mol. The average Bonchev–Trinajstić information content (AvgIpc) is 3.43. The summed E-state index contributed by atoms with van der Waals surface area (Å²) in [4.78, 5) is 25.8. The topological polar surface area (TPSA) is 75.9 Å². The van der Waals surface area contributed by atoms with E-state index in [0.29, 0.717) is 44.7 Å². The molecule has 2 saturated heterocycles. The number of nitrogens with zero attached hydrogens (tertiary/aromatic N) is 6. The summed E-state index contributed by atoms with van der Waals surface area (Å²) in [5.74, 6) is -1.18. The molecule has 0 radical (unpaired) electrons. The number of ether oxygens (including phenoxy) is 1. The van der Waals surface area contributed by atoms with E-state index < -0.39 is 17.8 Å². The summed E-state index contributed by atoms with van der Waals surface area (Å²) in [6, 6.07) is 16.3. The molecular formula is C33H36ClFN6O2. The molecule has 8 nitrogen and oxygen atoms in total. The van der Waals surface area contributed by atoms with E-state index in [1.165, 1.54) is 4.90 Å². The number of piperazine rings is 1. The molecule has 0 spiro atoms. The molecule has 43 heavy (non-hydrogen) atoms. The van der Waals surface area contributed by atoms with E-state index in [4.69, 9.17) is 21.3 Å². The van der Waals surface area contributed by atoms with Crippen molar-refractivity contribution in [2.24, 2.45) is 0 Å². The van der Waals surface area contributed by atoms with Gasteiger partial charge in [0.25, 0.3) is 5.91 Å². The predicted octanol–water partition coefficient (Wildman–Crippen LogP) is 5.34. The molecule has 1 amide bonds. The summed E-state index contributed by atoms with van der Waals surface area (Å²) in [7, 11) is 2.13. The highest BCUT2D eigenvalue weighted by Crippen LogP contribution is 2.38. The summed E-state index contributed by atoms with van der Waals surface area (Å²) >= 11 is 6.69. The lowest BCUT2D eigenvalue weighted by Crippen LogP contribution is -2.55. The average molecular weight is 603 g/mol. The zero-order valence-electron chi connectivity index (χ0n) is 24.4. The van der Waals surface area contributed by atoms with Gasteiger partial charge in [-0.3, -0.25) is 4.79 Å². The number of fused-ring (bicyclic) bond motifs is 2. The number of likely N-dealkylation sites (N-methyl/N-ethyl adjacent to an activating group) is 1. The second kappa shape index (κ2) is 12.4. The fourth-order valence-electron chi connectivity index (χ4n) is 6.74. The van der Waals surface area contributed by atoms with Gasteiger partial charge in [0.2, 0.25) is 5.88 Å². The number of nitriles is 1. The van der Waals surface area contributed by atoms with Crippen molar-refractivity contribution in [3.8, 4) is 11.9 Å². The van der Waals surface area contributed by atoms with Crippen molar-refractivity contribution in [1.82, 2.24) is 14.8 Å². The van der Waals surface area contributed by atoms with Crippen LogP contribution in [0.5, 0.6) is 5.88 Å². The van der Waals surface area contributed by atoms with Crippen LogP contribution in [0.15, 0.2) is 54.9 Å². The summed E-state index contributed by atoms with van der Waals surface area (Å²) < 4.78 is 20.2. The zero-order valence-corrected chi connectivity index (χ0v) is 25.2. The van der Waals surface area contributed by atoms with Crippen molar-refractivity contribution in [2.75, 3.05) is 56.2 Å². The van der Waals surface area contributed by atoms with Crippen LogP contribution < -0.4 is 14.5 Å². The molecule has 2 fully saturated rings. The van der Waals surface area contributed by atoms with E-state index in [0.717, 1.165) is 70.8 Å². The number of benzene rings is 2. The van der Waals surface area contributed by atoms with Gasteiger partial charge in [-0.25, -0.2) is 9.37 Å². The number of hydrogen-bond donors (Lipinski definition) is 0. The standard InChI is InChI=1S/C33H36ClFN6O2/c1-22(35)33(42)41-17-16-40(19-24(41)11-13-36)30-18-31(43-21-25-8-5-14-38(25)2)37-28-20-39(15-12-26(28)30)29-10-4-7-23-6-3-9-27(34)32(23)29/h3-4,6-7,9-10,18,24-25H,1,5,8,11-12,14-17,19-21H2,2H3/t24-,25-/m0/s1. The molecule has 1 aromatic heterocycles. The van der Waals surface area contributed by atoms with Gasteiger partial charge in [-0.2, -0.15) is 5.26 Å². The molecule has 2 aromatic carbocycles. The van der Waals surface area contributed by atoms with Gasteiger partial charge >= 0.3 is 0 Å². The summed E-state index contributed by atoms with van der Waals surface area (Å²) in [6.07, 6.45) is 3.11. The molecule has 0 aliphatic carbocycles.